The van der Waals surface area contributed by atoms with Crippen LogP contribution in [-0.4, -0.2) is 53.8 Å². The molecule has 156 valence electrons. The number of azide groups is 1. The number of unbranched alkanes of at least 4 members (excludes halogenated alkanes) is 1. The van der Waals surface area contributed by atoms with Crippen molar-refractivity contribution in [3.05, 3.63) is 10.4 Å². The molecule has 0 aromatic carbocycles. The van der Waals surface area contributed by atoms with E-state index in [1.165, 1.54) is 0 Å². The number of nitrogens with zero attached hydrogens (tertiary/aromatic N) is 4. The Hall–Kier alpha value is -3.01. The molecule has 0 saturated carbocycles. The van der Waals surface area contributed by atoms with E-state index >= 15 is 0 Å². The second-order valence-electron chi connectivity index (χ2n) is 7.12. The smallest absolute Gasteiger partial charge is 0.432 e. The van der Waals surface area contributed by atoms with E-state index in [0.29, 0.717) is 30.9 Å². The second-order valence-corrected chi connectivity index (χ2v) is 7.12. The molecule has 0 radical (unpaired) electrons. The Labute approximate surface area is 162 Å². The molecule has 0 bridgehead atoms. The summed E-state index contributed by atoms with van der Waals surface area (Å²) in [5.41, 5.74) is 8.06. The van der Waals surface area contributed by atoms with Crippen molar-refractivity contribution in [3.63, 3.8) is 0 Å². The molecule has 1 heterocycles. The lowest BCUT2D eigenvalue weighted by Crippen LogP contribution is -2.39. The Morgan fingerprint density at radius 2 is 1.82 bits per heavy atom. The fourth-order valence-corrected chi connectivity index (χ4v) is 2.26. The van der Waals surface area contributed by atoms with Gasteiger partial charge in [0.2, 0.25) is 0 Å². The van der Waals surface area contributed by atoms with E-state index in [1.54, 1.807) is 20.8 Å². The molecule has 1 fully saturated rings. The van der Waals surface area contributed by atoms with E-state index in [1.807, 2.05) is 0 Å². The molecule has 28 heavy (non-hydrogen) atoms. The van der Waals surface area contributed by atoms with Crippen molar-refractivity contribution < 1.29 is 28.8 Å². The first kappa shape index (κ1) is 23.0. The lowest BCUT2D eigenvalue weighted by Gasteiger charge is -2.19. The average molecular weight is 398 g/mol. The van der Waals surface area contributed by atoms with Gasteiger partial charge in [-0.15, -0.1) is 5.06 Å². The maximum atomic E-state index is 11.7. The van der Waals surface area contributed by atoms with Crippen molar-refractivity contribution in [2.75, 3.05) is 13.1 Å². The van der Waals surface area contributed by atoms with E-state index in [-0.39, 0.29) is 19.4 Å². The standard InChI is InChI=1S/C16H26N6O6/c1-16(2,3)27-14(25)18-9-5-4-6-11(20-21-17)10-19-15(26)28-22-12(23)7-8-13(22)24/h11H,4-10H2,1-3H3,(H,18,25)(H,19,26)/t11-/m0/s1. The fourth-order valence-electron chi connectivity index (χ4n) is 2.26. The van der Waals surface area contributed by atoms with Gasteiger partial charge in [-0.2, -0.15) is 0 Å². The van der Waals surface area contributed by atoms with Crippen molar-refractivity contribution in [1.82, 2.24) is 15.7 Å². The molecule has 1 aliphatic heterocycles. The average Bonchev–Trinajstić information content (AvgIpc) is 2.89. The summed E-state index contributed by atoms with van der Waals surface area (Å²) in [5, 5.41) is 9.00. The lowest BCUT2D eigenvalue weighted by atomic mass is 10.1. The maximum absolute atomic E-state index is 11.7. The van der Waals surface area contributed by atoms with Gasteiger partial charge >= 0.3 is 12.2 Å². The van der Waals surface area contributed by atoms with Gasteiger partial charge in [0.25, 0.3) is 11.8 Å². The minimum atomic E-state index is -0.978. The van der Waals surface area contributed by atoms with Gasteiger partial charge in [0.15, 0.2) is 0 Å². The van der Waals surface area contributed by atoms with Crippen LogP contribution in [0.5, 0.6) is 0 Å². The molecule has 1 saturated heterocycles. The maximum Gasteiger partial charge on any atom is 0.432 e. The summed E-state index contributed by atoms with van der Waals surface area (Å²) in [6.45, 7) is 5.69. The Kier molecular flexibility index (Phi) is 9.03. The number of alkyl carbamates (subject to hydrolysis) is 1. The molecule has 2 N–H and O–H groups in total. The summed E-state index contributed by atoms with van der Waals surface area (Å²) < 4.78 is 5.11. The lowest BCUT2D eigenvalue weighted by molar-refractivity contribution is -0.171. The Morgan fingerprint density at radius 1 is 1.18 bits per heavy atom. The summed E-state index contributed by atoms with van der Waals surface area (Å²) in [4.78, 5) is 53.4. The van der Waals surface area contributed by atoms with Crippen LogP contribution in [0.25, 0.3) is 10.4 Å². The van der Waals surface area contributed by atoms with Gasteiger partial charge in [0.1, 0.15) is 5.60 Å². The third-order valence-corrected chi connectivity index (χ3v) is 3.51. The minimum Gasteiger partial charge on any atom is -0.444 e. The SMILES string of the molecule is CC(C)(C)OC(=O)NCCCC[C@@H](CNC(=O)ON1C(=O)CCC1=O)N=[N+]=[N-]. The molecule has 0 aromatic heterocycles. The van der Waals surface area contributed by atoms with Crippen LogP contribution >= 0.6 is 0 Å². The van der Waals surface area contributed by atoms with Gasteiger partial charge in [-0.3, -0.25) is 9.59 Å². The highest BCUT2D eigenvalue weighted by molar-refractivity contribution is 6.01. The van der Waals surface area contributed by atoms with E-state index in [0.717, 1.165) is 0 Å². The van der Waals surface area contributed by atoms with E-state index in [4.69, 9.17) is 10.3 Å². The highest BCUT2D eigenvalue weighted by Gasteiger charge is 2.32. The topological polar surface area (TPSA) is 163 Å². The molecule has 1 atom stereocenters. The van der Waals surface area contributed by atoms with E-state index in [2.05, 4.69) is 25.5 Å². The number of amides is 4. The zero-order valence-corrected chi connectivity index (χ0v) is 16.3. The zero-order valence-electron chi connectivity index (χ0n) is 16.3. The van der Waals surface area contributed by atoms with Crippen molar-refractivity contribution in [1.29, 1.82) is 0 Å². The molecule has 0 spiro atoms. The molecule has 12 nitrogen and oxygen atoms in total. The van der Waals surface area contributed by atoms with Gasteiger partial charge in [0, 0.05) is 30.8 Å². The number of hydrogen-bond acceptors (Lipinski definition) is 7. The molecule has 0 unspecified atom stereocenters. The predicted octanol–water partition coefficient (Wildman–Crippen LogP) is 2.15. The van der Waals surface area contributed by atoms with Crippen LogP contribution in [0.1, 0.15) is 52.9 Å². The molecule has 1 rings (SSSR count). The van der Waals surface area contributed by atoms with E-state index < -0.39 is 35.6 Å². The number of hydrogen-bond donors (Lipinski definition) is 2. The number of carbonyl (C=O) groups is 4. The van der Waals surface area contributed by atoms with Gasteiger partial charge in [-0.1, -0.05) is 11.5 Å². The summed E-state index contributed by atoms with van der Waals surface area (Å²) in [6.07, 6.45) is 0.234. The third-order valence-electron chi connectivity index (χ3n) is 3.51. The molecule has 12 heteroatoms. The number of nitrogens with one attached hydrogen (secondary N) is 2. The van der Waals surface area contributed by atoms with Gasteiger partial charge in [-0.05, 0) is 39.1 Å². The second kappa shape index (κ2) is 11.0. The number of imide groups is 1. The number of rotatable bonds is 9. The molecular weight excluding hydrogens is 372 g/mol. The third kappa shape index (κ3) is 9.08. The molecule has 4 amide bonds. The van der Waals surface area contributed by atoms with Gasteiger partial charge in [0.05, 0.1) is 6.04 Å². The minimum absolute atomic E-state index is 0.00476. The van der Waals surface area contributed by atoms with Crippen molar-refractivity contribution in [2.45, 2.75) is 64.5 Å². The van der Waals surface area contributed by atoms with Crippen molar-refractivity contribution >= 4 is 24.0 Å². The largest absolute Gasteiger partial charge is 0.444 e. The van der Waals surface area contributed by atoms with E-state index in [9.17, 15) is 19.2 Å². The molecule has 0 aliphatic carbocycles. The fraction of sp³-hybridized carbons (Fsp3) is 0.750. The van der Waals surface area contributed by atoms with Crippen LogP contribution in [0.3, 0.4) is 0 Å². The van der Waals surface area contributed by atoms with Crippen LogP contribution in [0.15, 0.2) is 5.11 Å². The number of ether oxygens (including phenoxy) is 1. The normalized spacial score (nSPS) is 14.9. The monoisotopic (exact) mass is 398 g/mol. The zero-order chi connectivity index (χ0) is 21.2. The Bertz CT molecular complexity index is 624. The highest BCUT2D eigenvalue weighted by atomic mass is 16.7. The van der Waals surface area contributed by atoms with Gasteiger partial charge in [-0.25, -0.2) is 9.59 Å². The summed E-state index contributed by atoms with van der Waals surface area (Å²) >= 11 is 0. The predicted molar refractivity (Wildman–Crippen MR) is 96.6 cm³/mol. The van der Waals surface area contributed by atoms with Crippen LogP contribution in [0, 0.1) is 0 Å². The molecule has 1 aliphatic rings. The van der Waals surface area contributed by atoms with Crippen molar-refractivity contribution in [3.8, 4) is 0 Å². The van der Waals surface area contributed by atoms with Crippen LogP contribution in [-0.2, 0) is 19.2 Å². The Balaban J connectivity index is 2.27. The first-order chi connectivity index (χ1) is 13.1. The number of hydroxylamine groups is 2. The van der Waals surface area contributed by atoms with Crippen LogP contribution in [0.4, 0.5) is 9.59 Å². The van der Waals surface area contributed by atoms with Crippen LogP contribution < -0.4 is 10.6 Å². The van der Waals surface area contributed by atoms with Gasteiger partial charge < -0.3 is 20.2 Å². The molecular formula is C16H26N6O6. The summed E-state index contributed by atoms with van der Waals surface area (Å²) in [5.74, 6) is -1.16. The quantitative estimate of drug-likeness (QED) is 0.199. The summed E-state index contributed by atoms with van der Waals surface area (Å²) in [7, 11) is 0. The molecule has 0 aromatic rings. The summed E-state index contributed by atoms with van der Waals surface area (Å²) in [6, 6.07) is -0.538. The van der Waals surface area contributed by atoms with Crippen molar-refractivity contribution in [2.24, 2.45) is 5.11 Å². The highest BCUT2D eigenvalue weighted by Crippen LogP contribution is 2.12. The number of carbonyl (C=O) groups excluding carboxylic acids is 4. The first-order valence-electron chi connectivity index (χ1n) is 8.95. The Morgan fingerprint density at radius 3 is 2.39 bits per heavy atom. The van der Waals surface area contributed by atoms with Crippen LogP contribution in [0.2, 0.25) is 0 Å². The first-order valence-corrected chi connectivity index (χ1v) is 8.95.